The van der Waals surface area contributed by atoms with E-state index >= 15 is 0 Å². The molecule has 170 valence electrons. The van der Waals surface area contributed by atoms with E-state index in [1.54, 1.807) is 18.2 Å². The zero-order valence-electron chi connectivity index (χ0n) is 18.2. The van der Waals surface area contributed by atoms with Gasteiger partial charge in [-0.25, -0.2) is 13.1 Å². The number of nitrogens with one attached hydrogen (secondary N) is 2. The maximum Gasteiger partial charge on any atom is 0.244 e. The molecule has 2 aromatic rings. The molecule has 0 aliphatic heterocycles. The number of ether oxygens (including phenoxy) is 1. The highest BCUT2D eigenvalue weighted by Crippen LogP contribution is 2.24. The van der Waals surface area contributed by atoms with Gasteiger partial charge in [-0.2, -0.15) is 0 Å². The number of amides is 1. The molecular formula is C23H32N2O5S. The molecule has 0 bridgehead atoms. The maximum atomic E-state index is 12.7. The van der Waals surface area contributed by atoms with Gasteiger partial charge in [-0.05, 0) is 30.0 Å². The molecule has 0 aliphatic rings. The molecule has 2 rings (SSSR count). The summed E-state index contributed by atoms with van der Waals surface area (Å²) < 4.78 is 33.6. The topological polar surface area (TPSA) is 105 Å². The van der Waals surface area contributed by atoms with Gasteiger partial charge in [0.1, 0.15) is 17.3 Å². The third-order valence-corrected chi connectivity index (χ3v) is 6.13. The summed E-state index contributed by atoms with van der Waals surface area (Å²) in [5, 5.41) is 12.8. The van der Waals surface area contributed by atoms with Crippen LogP contribution < -0.4 is 14.8 Å². The Kier molecular flexibility index (Phi) is 9.48. The molecule has 7 nitrogen and oxygen atoms in total. The Morgan fingerprint density at radius 3 is 2.32 bits per heavy atom. The molecule has 0 fully saturated rings. The highest BCUT2D eigenvalue weighted by molar-refractivity contribution is 7.89. The van der Waals surface area contributed by atoms with Gasteiger partial charge in [0.15, 0.2) is 0 Å². The van der Waals surface area contributed by atoms with Crippen molar-refractivity contribution in [3.05, 3.63) is 60.2 Å². The van der Waals surface area contributed by atoms with Crippen LogP contribution in [0.25, 0.3) is 0 Å². The second-order valence-corrected chi connectivity index (χ2v) is 9.74. The molecule has 0 saturated carbocycles. The number of carbonyl (C=O) groups is 1. The fourth-order valence-electron chi connectivity index (χ4n) is 3.09. The van der Waals surface area contributed by atoms with Crippen molar-refractivity contribution in [2.75, 3.05) is 13.1 Å². The molecule has 3 N–H and O–H groups in total. The summed E-state index contributed by atoms with van der Waals surface area (Å²) in [7, 11) is -3.91. The summed E-state index contributed by atoms with van der Waals surface area (Å²) in [5.41, 5.74) is 0.917. The molecular weight excluding hydrogens is 416 g/mol. The van der Waals surface area contributed by atoms with Crippen LogP contribution in [0.1, 0.15) is 32.8 Å². The number of sulfonamides is 1. The van der Waals surface area contributed by atoms with Crippen molar-refractivity contribution in [3.63, 3.8) is 0 Å². The van der Waals surface area contributed by atoms with Crippen molar-refractivity contribution in [2.45, 2.75) is 44.8 Å². The van der Waals surface area contributed by atoms with Gasteiger partial charge < -0.3 is 15.2 Å². The van der Waals surface area contributed by atoms with E-state index in [2.05, 4.69) is 10.0 Å². The molecule has 0 radical (unpaired) electrons. The van der Waals surface area contributed by atoms with Crippen LogP contribution in [0.2, 0.25) is 0 Å². The Morgan fingerprint density at radius 2 is 1.65 bits per heavy atom. The summed E-state index contributed by atoms with van der Waals surface area (Å²) in [4.78, 5) is 12.1. The van der Waals surface area contributed by atoms with Crippen LogP contribution in [0.5, 0.6) is 5.75 Å². The Labute approximate surface area is 184 Å². The van der Waals surface area contributed by atoms with E-state index < -0.39 is 16.1 Å². The average molecular weight is 449 g/mol. The monoisotopic (exact) mass is 448 g/mol. The number of aliphatic hydroxyl groups is 1. The van der Waals surface area contributed by atoms with Gasteiger partial charge in [0.2, 0.25) is 15.9 Å². The van der Waals surface area contributed by atoms with Crippen molar-refractivity contribution < 1.29 is 23.1 Å². The number of aliphatic hydroxyl groups excluding tert-OH is 1. The first-order valence-electron chi connectivity index (χ1n) is 10.4. The third kappa shape index (κ3) is 8.32. The molecule has 8 heteroatoms. The van der Waals surface area contributed by atoms with Gasteiger partial charge in [-0.15, -0.1) is 0 Å². The SMILES string of the molecule is CC(C)CC(C)C(=O)NCC(O)CNS(=O)(=O)c1ccccc1OCc1ccccc1. The Hall–Kier alpha value is -2.42. The van der Waals surface area contributed by atoms with E-state index in [0.717, 1.165) is 12.0 Å². The predicted octanol–water partition coefficient (Wildman–Crippen LogP) is 2.70. The molecule has 0 aromatic heterocycles. The fourth-order valence-corrected chi connectivity index (χ4v) is 4.31. The lowest BCUT2D eigenvalue weighted by molar-refractivity contribution is -0.125. The van der Waals surface area contributed by atoms with Crippen molar-refractivity contribution >= 4 is 15.9 Å². The Morgan fingerprint density at radius 1 is 1.00 bits per heavy atom. The van der Waals surface area contributed by atoms with Crippen LogP contribution in [-0.2, 0) is 21.4 Å². The minimum absolute atomic E-state index is 0.00674. The van der Waals surface area contributed by atoms with E-state index in [1.807, 2.05) is 51.1 Å². The second-order valence-electron chi connectivity index (χ2n) is 8.00. The molecule has 2 atom stereocenters. The first kappa shape index (κ1) is 24.8. The lowest BCUT2D eigenvalue weighted by atomic mass is 9.98. The maximum absolute atomic E-state index is 12.7. The number of carbonyl (C=O) groups excluding carboxylic acids is 1. The molecule has 2 aromatic carbocycles. The van der Waals surface area contributed by atoms with Gasteiger partial charge in [-0.1, -0.05) is 63.2 Å². The zero-order chi connectivity index (χ0) is 22.9. The van der Waals surface area contributed by atoms with Crippen LogP contribution in [0.15, 0.2) is 59.5 Å². The molecule has 0 saturated heterocycles. The van der Waals surface area contributed by atoms with Crippen molar-refractivity contribution in [1.82, 2.24) is 10.0 Å². The Bertz CT molecular complexity index is 932. The molecule has 2 unspecified atom stereocenters. The average Bonchev–Trinajstić information content (AvgIpc) is 2.75. The predicted molar refractivity (Wildman–Crippen MR) is 120 cm³/mol. The first-order chi connectivity index (χ1) is 14.7. The van der Waals surface area contributed by atoms with Gasteiger partial charge in [-0.3, -0.25) is 4.79 Å². The Balaban J connectivity index is 1.91. The lowest BCUT2D eigenvalue weighted by Gasteiger charge is -2.17. The molecule has 0 aliphatic carbocycles. The summed E-state index contributed by atoms with van der Waals surface area (Å²) >= 11 is 0. The van der Waals surface area contributed by atoms with Crippen LogP contribution in [0.4, 0.5) is 0 Å². The van der Waals surface area contributed by atoms with Crippen LogP contribution >= 0.6 is 0 Å². The van der Waals surface area contributed by atoms with Gasteiger partial charge in [0, 0.05) is 19.0 Å². The molecule has 1 amide bonds. The van der Waals surface area contributed by atoms with Gasteiger partial charge in [0.05, 0.1) is 6.10 Å². The molecule has 0 spiro atoms. The standard InChI is InChI=1S/C23H32N2O5S/c1-17(2)13-18(3)23(27)24-14-20(26)15-25-31(28,29)22-12-8-7-11-21(22)30-16-19-9-5-4-6-10-19/h4-12,17-18,20,25-26H,13-16H2,1-3H3,(H,24,27). The first-order valence-corrected chi connectivity index (χ1v) is 11.9. The van der Waals surface area contributed by atoms with E-state index in [0.29, 0.717) is 5.92 Å². The summed E-state index contributed by atoms with van der Waals surface area (Å²) in [6.07, 6.45) is -0.309. The number of para-hydroxylation sites is 1. The largest absolute Gasteiger partial charge is 0.487 e. The third-order valence-electron chi connectivity index (χ3n) is 4.67. The van der Waals surface area contributed by atoms with Crippen LogP contribution in [0, 0.1) is 11.8 Å². The van der Waals surface area contributed by atoms with Crippen LogP contribution in [0.3, 0.4) is 0 Å². The van der Waals surface area contributed by atoms with E-state index in [4.69, 9.17) is 4.74 Å². The van der Waals surface area contributed by atoms with Crippen molar-refractivity contribution in [2.24, 2.45) is 11.8 Å². The van der Waals surface area contributed by atoms with E-state index in [9.17, 15) is 18.3 Å². The van der Waals surface area contributed by atoms with E-state index in [-0.39, 0.29) is 42.2 Å². The zero-order valence-corrected chi connectivity index (χ0v) is 19.1. The summed E-state index contributed by atoms with van der Waals surface area (Å²) in [6.45, 7) is 5.88. The lowest BCUT2D eigenvalue weighted by Crippen LogP contribution is -2.41. The highest BCUT2D eigenvalue weighted by atomic mass is 32.2. The summed E-state index contributed by atoms with van der Waals surface area (Å²) in [5.74, 6) is 0.290. The van der Waals surface area contributed by atoms with E-state index in [1.165, 1.54) is 6.07 Å². The van der Waals surface area contributed by atoms with Gasteiger partial charge >= 0.3 is 0 Å². The fraction of sp³-hybridized carbons (Fsp3) is 0.435. The van der Waals surface area contributed by atoms with Crippen molar-refractivity contribution in [1.29, 1.82) is 0 Å². The molecule has 0 heterocycles. The minimum atomic E-state index is -3.91. The number of hydrogen-bond donors (Lipinski definition) is 3. The van der Waals surface area contributed by atoms with Crippen molar-refractivity contribution in [3.8, 4) is 5.75 Å². The van der Waals surface area contributed by atoms with Gasteiger partial charge in [0.25, 0.3) is 0 Å². The highest BCUT2D eigenvalue weighted by Gasteiger charge is 2.21. The number of hydrogen-bond acceptors (Lipinski definition) is 5. The smallest absolute Gasteiger partial charge is 0.244 e. The minimum Gasteiger partial charge on any atom is -0.487 e. The second kappa shape index (κ2) is 11.8. The van der Waals surface area contributed by atoms with Crippen LogP contribution in [-0.4, -0.2) is 38.6 Å². The summed E-state index contributed by atoms with van der Waals surface area (Å²) in [6, 6.07) is 15.8. The number of rotatable bonds is 12. The quantitative estimate of drug-likeness (QED) is 0.463. The molecule has 31 heavy (non-hydrogen) atoms. The normalized spacial score (nSPS) is 13.6. The number of benzene rings is 2.